The summed E-state index contributed by atoms with van der Waals surface area (Å²) in [4.78, 5) is 35.2. The molecule has 3 aromatic carbocycles. The molecule has 3 aromatic rings. The van der Waals surface area contributed by atoms with E-state index >= 15 is 0 Å². The zero-order chi connectivity index (χ0) is 27.1. The Morgan fingerprint density at radius 2 is 1.41 bits per heavy atom. The normalized spacial score (nSPS) is 10.8. The molecule has 0 atom stereocenters. The van der Waals surface area contributed by atoms with E-state index in [2.05, 4.69) is 13.2 Å². The van der Waals surface area contributed by atoms with E-state index in [0.717, 1.165) is 34.5 Å². The van der Waals surface area contributed by atoms with Gasteiger partial charge in [0.05, 0.1) is 6.61 Å². The molecule has 0 spiro atoms. The van der Waals surface area contributed by atoms with Crippen molar-refractivity contribution in [3.05, 3.63) is 102 Å². The lowest BCUT2D eigenvalue weighted by Gasteiger charge is -2.08. The molecule has 0 N–H and O–H groups in total. The van der Waals surface area contributed by atoms with Crippen molar-refractivity contribution in [2.75, 3.05) is 6.61 Å². The molecule has 0 unspecified atom stereocenters. The van der Waals surface area contributed by atoms with Gasteiger partial charge in [-0.15, -0.1) is 0 Å². The van der Waals surface area contributed by atoms with Gasteiger partial charge in [0.1, 0.15) is 0 Å². The molecule has 3 rings (SSSR count). The summed E-state index contributed by atoms with van der Waals surface area (Å²) in [6.45, 7) is 10.1. The van der Waals surface area contributed by atoms with Gasteiger partial charge in [0.15, 0.2) is 11.5 Å². The molecule has 0 fully saturated rings. The molecule has 0 heterocycles. The summed E-state index contributed by atoms with van der Waals surface area (Å²) < 4.78 is 43.2. The summed E-state index contributed by atoms with van der Waals surface area (Å²) in [6, 6.07) is 13.2. The second kappa shape index (κ2) is 11.9. The van der Waals surface area contributed by atoms with Crippen LogP contribution >= 0.6 is 0 Å². The van der Waals surface area contributed by atoms with Crippen LogP contribution in [0.1, 0.15) is 25.0 Å². The lowest BCUT2D eigenvalue weighted by Crippen LogP contribution is -2.11. The topological polar surface area (TPSA) is 78.9 Å². The van der Waals surface area contributed by atoms with Crippen molar-refractivity contribution in [1.82, 2.24) is 0 Å². The standard InChI is InChI=1S/C29H24F2O6/c1-17(2)28(33)35-14-13-20-6-9-21-15-19(5-8-22(21)16-20)7-12-25(32)36-23-10-11-24(27(31)26(23)30)37-29(34)18(3)4/h5-12,15-16H,1,3,13-14H2,2,4H3/b12-7+. The number of carbonyl (C=O) groups is 3. The summed E-state index contributed by atoms with van der Waals surface area (Å²) in [7, 11) is 0. The van der Waals surface area contributed by atoms with Gasteiger partial charge < -0.3 is 14.2 Å². The van der Waals surface area contributed by atoms with Gasteiger partial charge in [-0.05, 0) is 60.0 Å². The zero-order valence-corrected chi connectivity index (χ0v) is 20.3. The first-order valence-electron chi connectivity index (χ1n) is 11.2. The van der Waals surface area contributed by atoms with Crippen LogP contribution in [-0.2, 0) is 25.5 Å². The Kier molecular flexibility index (Phi) is 8.68. The van der Waals surface area contributed by atoms with E-state index in [9.17, 15) is 23.2 Å². The highest BCUT2D eigenvalue weighted by Crippen LogP contribution is 2.28. The van der Waals surface area contributed by atoms with E-state index in [1.54, 1.807) is 13.0 Å². The Balaban J connectivity index is 1.64. The second-order valence-corrected chi connectivity index (χ2v) is 8.22. The fourth-order valence-electron chi connectivity index (χ4n) is 3.12. The number of ether oxygens (including phenoxy) is 3. The van der Waals surface area contributed by atoms with Crippen molar-refractivity contribution in [3.63, 3.8) is 0 Å². The number of rotatable bonds is 9. The molecule has 190 valence electrons. The van der Waals surface area contributed by atoms with E-state index in [0.29, 0.717) is 17.6 Å². The van der Waals surface area contributed by atoms with Crippen LogP contribution in [0.25, 0.3) is 16.8 Å². The molecule has 0 aliphatic carbocycles. The van der Waals surface area contributed by atoms with Gasteiger partial charge in [0, 0.05) is 23.6 Å². The highest BCUT2D eigenvalue weighted by atomic mass is 19.2. The van der Waals surface area contributed by atoms with E-state index < -0.39 is 41.0 Å². The average molecular weight is 507 g/mol. The predicted molar refractivity (Wildman–Crippen MR) is 135 cm³/mol. The van der Waals surface area contributed by atoms with Gasteiger partial charge in [-0.1, -0.05) is 43.5 Å². The monoisotopic (exact) mass is 506 g/mol. The maximum Gasteiger partial charge on any atom is 0.338 e. The van der Waals surface area contributed by atoms with Crippen LogP contribution < -0.4 is 9.47 Å². The number of hydrogen-bond donors (Lipinski definition) is 0. The number of fused-ring (bicyclic) bond motifs is 1. The van der Waals surface area contributed by atoms with Crippen LogP contribution in [0.4, 0.5) is 8.78 Å². The van der Waals surface area contributed by atoms with Crippen molar-refractivity contribution in [2.45, 2.75) is 20.3 Å². The zero-order valence-electron chi connectivity index (χ0n) is 20.3. The average Bonchev–Trinajstić information content (AvgIpc) is 2.86. The number of benzene rings is 3. The van der Waals surface area contributed by atoms with Crippen molar-refractivity contribution in [3.8, 4) is 11.5 Å². The Morgan fingerprint density at radius 1 is 0.811 bits per heavy atom. The molecule has 0 saturated carbocycles. The van der Waals surface area contributed by atoms with Crippen LogP contribution in [0.3, 0.4) is 0 Å². The van der Waals surface area contributed by atoms with Crippen LogP contribution in [0, 0.1) is 11.6 Å². The third kappa shape index (κ3) is 7.20. The van der Waals surface area contributed by atoms with Crippen molar-refractivity contribution >= 4 is 34.8 Å². The Hall–Kier alpha value is -4.59. The smallest absolute Gasteiger partial charge is 0.338 e. The molecular weight excluding hydrogens is 482 g/mol. The van der Waals surface area contributed by atoms with Gasteiger partial charge in [0.25, 0.3) is 0 Å². The number of carbonyl (C=O) groups excluding carboxylic acids is 3. The van der Waals surface area contributed by atoms with Gasteiger partial charge in [-0.3, -0.25) is 0 Å². The summed E-state index contributed by atoms with van der Waals surface area (Å²) in [5, 5.41) is 1.86. The number of hydrogen-bond acceptors (Lipinski definition) is 6. The molecular formula is C29H24F2O6. The minimum Gasteiger partial charge on any atom is -0.462 e. The number of esters is 3. The molecule has 0 aliphatic rings. The molecule has 6 nitrogen and oxygen atoms in total. The SMILES string of the molecule is C=C(C)C(=O)OCCc1ccc2cc(/C=C/C(=O)Oc3ccc(OC(=O)C(=C)C)c(F)c3F)ccc2c1. The Labute approximate surface area is 212 Å². The fourth-order valence-corrected chi connectivity index (χ4v) is 3.12. The molecule has 8 heteroatoms. The molecule has 0 aromatic heterocycles. The highest BCUT2D eigenvalue weighted by molar-refractivity contribution is 5.91. The van der Waals surface area contributed by atoms with Crippen LogP contribution in [0.15, 0.2) is 78.9 Å². The van der Waals surface area contributed by atoms with Crippen molar-refractivity contribution in [2.24, 2.45) is 0 Å². The van der Waals surface area contributed by atoms with E-state index in [1.165, 1.54) is 13.0 Å². The van der Waals surface area contributed by atoms with E-state index in [4.69, 9.17) is 14.2 Å². The van der Waals surface area contributed by atoms with Crippen molar-refractivity contribution < 1.29 is 37.4 Å². The van der Waals surface area contributed by atoms with E-state index in [1.807, 2.05) is 30.3 Å². The maximum atomic E-state index is 14.3. The molecule has 0 bridgehead atoms. The first-order valence-corrected chi connectivity index (χ1v) is 11.2. The third-order valence-corrected chi connectivity index (χ3v) is 5.09. The fraction of sp³-hybridized carbons (Fsp3) is 0.138. The van der Waals surface area contributed by atoms with Gasteiger partial charge >= 0.3 is 17.9 Å². The van der Waals surface area contributed by atoms with Gasteiger partial charge in [-0.2, -0.15) is 8.78 Å². The molecule has 0 radical (unpaired) electrons. The third-order valence-electron chi connectivity index (χ3n) is 5.09. The van der Waals surface area contributed by atoms with Gasteiger partial charge in [0.2, 0.25) is 11.6 Å². The minimum atomic E-state index is -1.47. The molecule has 37 heavy (non-hydrogen) atoms. The van der Waals surface area contributed by atoms with Crippen LogP contribution in [-0.4, -0.2) is 24.5 Å². The lowest BCUT2D eigenvalue weighted by molar-refractivity contribution is -0.138. The summed E-state index contributed by atoms with van der Waals surface area (Å²) in [6.07, 6.45) is 3.11. The summed E-state index contributed by atoms with van der Waals surface area (Å²) in [5.74, 6) is -6.50. The van der Waals surface area contributed by atoms with Crippen molar-refractivity contribution in [1.29, 1.82) is 0 Å². The van der Waals surface area contributed by atoms with Crippen LogP contribution in [0.5, 0.6) is 11.5 Å². The quantitative estimate of drug-likeness (QED) is 0.205. The first kappa shape index (κ1) is 27.0. The Bertz CT molecular complexity index is 1440. The lowest BCUT2D eigenvalue weighted by atomic mass is 10.0. The predicted octanol–water partition coefficient (Wildman–Crippen LogP) is 5.88. The maximum absolute atomic E-state index is 14.3. The second-order valence-electron chi connectivity index (χ2n) is 8.22. The molecule has 0 amide bonds. The first-order chi connectivity index (χ1) is 17.5. The van der Waals surface area contributed by atoms with Crippen LogP contribution in [0.2, 0.25) is 0 Å². The number of halogens is 2. The van der Waals surface area contributed by atoms with Gasteiger partial charge in [-0.25, -0.2) is 14.4 Å². The van der Waals surface area contributed by atoms with E-state index in [-0.39, 0.29) is 12.2 Å². The Morgan fingerprint density at radius 3 is 2.05 bits per heavy atom. The molecule has 0 aliphatic heterocycles. The molecule has 0 saturated heterocycles. The minimum absolute atomic E-state index is 0.0104. The summed E-state index contributed by atoms with van der Waals surface area (Å²) in [5.41, 5.74) is 2.03. The highest BCUT2D eigenvalue weighted by Gasteiger charge is 2.19. The largest absolute Gasteiger partial charge is 0.462 e. The summed E-state index contributed by atoms with van der Waals surface area (Å²) >= 11 is 0.